The molecule has 3 aromatic carbocycles. The maximum absolute atomic E-state index is 6.76. The molecule has 0 bridgehead atoms. The molecule has 0 heterocycles. The van der Waals surface area contributed by atoms with E-state index in [9.17, 15) is 0 Å². The molecular formula is C25H19N. The Bertz CT molecular complexity index is 1040. The summed E-state index contributed by atoms with van der Waals surface area (Å²) in [6.45, 7) is 2.01. The predicted molar refractivity (Wildman–Crippen MR) is 108 cm³/mol. The van der Waals surface area contributed by atoms with E-state index in [2.05, 4.69) is 66.3 Å². The SMILES string of the molecule is C#Cc1cccc(C#CC(C)(N)C2c3ccccc3-c3ccccc32)c1. The third-order valence-electron chi connectivity index (χ3n) is 4.94. The fraction of sp³-hybridized carbons (Fsp3) is 0.120. The van der Waals surface area contributed by atoms with Crippen molar-refractivity contribution in [2.24, 2.45) is 5.73 Å². The standard InChI is InChI=1S/C25H19N/c1-3-18-9-8-10-19(17-18)15-16-25(2,26)24-22-13-6-4-11-20(22)21-12-5-7-14-23(21)24/h1,4-14,17,24H,26H2,2H3. The van der Waals surface area contributed by atoms with Gasteiger partial charge in [-0.1, -0.05) is 72.4 Å². The Kier molecular flexibility index (Phi) is 3.89. The maximum Gasteiger partial charge on any atom is 0.0861 e. The third kappa shape index (κ3) is 2.70. The summed E-state index contributed by atoms with van der Waals surface area (Å²) in [6.07, 6.45) is 5.48. The monoisotopic (exact) mass is 333 g/mol. The van der Waals surface area contributed by atoms with Gasteiger partial charge in [-0.05, 0) is 47.4 Å². The highest BCUT2D eigenvalue weighted by molar-refractivity contribution is 5.80. The summed E-state index contributed by atoms with van der Waals surface area (Å²) < 4.78 is 0. The van der Waals surface area contributed by atoms with Crippen LogP contribution in [0.3, 0.4) is 0 Å². The highest BCUT2D eigenvalue weighted by Crippen LogP contribution is 2.48. The van der Waals surface area contributed by atoms with Gasteiger partial charge < -0.3 is 5.73 Å². The number of hydrogen-bond acceptors (Lipinski definition) is 1. The highest BCUT2D eigenvalue weighted by Gasteiger charge is 2.38. The zero-order chi connectivity index (χ0) is 18.1. The van der Waals surface area contributed by atoms with E-state index in [4.69, 9.17) is 12.2 Å². The van der Waals surface area contributed by atoms with Crippen LogP contribution >= 0.6 is 0 Å². The first-order chi connectivity index (χ1) is 12.6. The molecule has 2 N–H and O–H groups in total. The van der Waals surface area contributed by atoms with E-state index in [0.29, 0.717) is 0 Å². The second kappa shape index (κ2) is 6.23. The number of rotatable bonds is 1. The molecule has 124 valence electrons. The van der Waals surface area contributed by atoms with Crippen LogP contribution in [0.5, 0.6) is 0 Å². The van der Waals surface area contributed by atoms with E-state index in [1.54, 1.807) is 0 Å². The lowest BCUT2D eigenvalue weighted by Crippen LogP contribution is -2.41. The summed E-state index contributed by atoms with van der Waals surface area (Å²) in [7, 11) is 0. The van der Waals surface area contributed by atoms with Crippen molar-refractivity contribution in [3.05, 3.63) is 95.1 Å². The van der Waals surface area contributed by atoms with Gasteiger partial charge in [-0.2, -0.15) is 0 Å². The fourth-order valence-electron chi connectivity index (χ4n) is 3.77. The molecule has 4 rings (SSSR count). The number of hydrogen-bond donors (Lipinski definition) is 1. The van der Waals surface area contributed by atoms with Gasteiger partial charge in [0.25, 0.3) is 0 Å². The quantitative estimate of drug-likeness (QED) is 0.650. The van der Waals surface area contributed by atoms with Gasteiger partial charge >= 0.3 is 0 Å². The lowest BCUT2D eigenvalue weighted by molar-refractivity contribution is 0.539. The number of terminal acetylenes is 1. The van der Waals surface area contributed by atoms with Crippen molar-refractivity contribution in [1.29, 1.82) is 0 Å². The predicted octanol–water partition coefficient (Wildman–Crippen LogP) is 4.55. The zero-order valence-electron chi connectivity index (χ0n) is 14.7. The van der Waals surface area contributed by atoms with Gasteiger partial charge in [0.2, 0.25) is 0 Å². The summed E-state index contributed by atoms with van der Waals surface area (Å²) in [6, 6.07) is 24.6. The average Bonchev–Trinajstić information content (AvgIpc) is 3.02. The fourth-order valence-corrected chi connectivity index (χ4v) is 3.77. The molecule has 0 fully saturated rings. The van der Waals surface area contributed by atoms with Crippen molar-refractivity contribution in [2.75, 3.05) is 0 Å². The summed E-state index contributed by atoms with van der Waals surface area (Å²) >= 11 is 0. The molecule has 3 aromatic rings. The first-order valence-corrected chi connectivity index (χ1v) is 8.67. The first-order valence-electron chi connectivity index (χ1n) is 8.67. The van der Waals surface area contributed by atoms with Crippen LogP contribution in [0.15, 0.2) is 72.8 Å². The molecule has 1 unspecified atom stereocenters. The molecular weight excluding hydrogens is 314 g/mol. The maximum atomic E-state index is 6.76. The normalized spacial score (nSPS) is 14.3. The smallest absolute Gasteiger partial charge is 0.0861 e. The molecule has 1 aliphatic rings. The van der Waals surface area contributed by atoms with Crippen molar-refractivity contribution >= 4 is 0 Å². The summed E-state index contributed by atoms with van der Waals surface area (Å²) in [5.41, 5.74) is 12.8. The highest BCUT2D eigenvalue weighted by atomic mass is 14.7. The molecule has 0 aromatic heterocycles. The summed E-state index contributed by atoms with van der Waals surface area (Å²) in [5.74, 6) is 9.22. The van der Waals surface area contributed by atoms with Gasteiger partial charge in [0.15, 0.2) is 0 Å². The largest absolute Gasteiger partial charge is 0.315 e. The molecule has 0 aliphatic heterocycles. The summed E-state index contributed by atoms with van der Waals surface area (Å²) in [4.78, 5) is 0. The van der Waals surface area contributed by atoms with Gasteiger partial charge in [-0.3, -0.25) is 0 Å². The van der Waals surface area contributed by atoms with Crippen LogP contribution in [-0.2, 0) is 0 Å². The van der Waals surface area contributed by atoms with Crippen LogP contribution in [0.2, 0.25) is 0 Å². The van der Waals surface area contributed by atoms with Crippen LogP contribution in [0.25, 0.3) is 11.1 Å². The van der Waals surface area contributed by atoms with E-state index in [1.807, 2.05) is 31.2 Å². The van der Waals surface area contributed by atoms with Crippen molar-refractivity contribution in [3.63, 3.8) is 0 Å². The van der Waals surface area contributed by atoms with Crippen molar-refractivity contribution in [1.82, 2.24) is 0 Å². The number of benzene rings is 3. The summed E-state index contributed by atoms with van der Waals surface area (Å²) in [5, 5.41) is 0. The van der Waals surface area contributed by atoms with E-state index in [1.165, 1.54) is 22.3 Å². The van der Waals surface area contributed by atoms with Crippen molar-refractivity contribution in [3.8, 4) is 35.3 Å². The van der Waals surface area contributed by atoms with Crippen LogP contribution in [0.4, 0.5) is 0 Å². The van der Waals surface area contributed by atoms with E-state index in [0.717, 1.165) is 11.1 Å². The number of fused-ring (bicyclic) bond motifs is 3. The van der Waals surface area contributed by atoms with Gasteiger partial charge in [-0.15, -0.1) is 6.42 Å². The molecule has 0 spiro atoms. The lowest BCUT2D eigenvalue weighted by Gasteiger charge is -2.28. The molecule has 0 saturated heterocycles. The second-order valence-corrected chi connectivity index (χ2v) is 6.87. The van der Waals surface area contributed by atoms with Gasteiger partial charge in [0.1, 0.15) is 0 Å². The van der Waals surface area contributed by atoms with Crippen LogP contribution in [-0.4, -0.2) is 5.54 Å². The Hall–Kier alpha value is -3.26. The van der Waals surface area contributed by atoms with Crippen molar-refractivity contribution in [2.45, 2.75) is 18.4 Å². The van der Waals surface area contributed by atoms with Crippen molar-refractivity contribution < 1.29 is 0 Å². The molecule has 1 nitrogen and oxygen atoms in total. The van der Waals surface area contributed by atoms with E-state index < -0.39 is 5.54 Å². The lowest BCUT2D eigenvalue weighted by atomic mass is 9.80. The average molecular weight is 333 g/mol. The topological polar surface area (TPSA) is 26.0 Å². The minimum absolute atomic E-state index is 0.0400. The third-order valence-corrected chi connectivity index (χ3v) is 4.94. The van der Waals surface area contributed by atoms with Crippen LogP contribution < -0.4 is 5.73 Å². The Labute approximate surface area is 154 Å². The molecule has 1 atom stereocenters. The Morgan fingerprint density at radius 1 is 0.846 bits per heavy atom. The minimum atomic E-state index is -0.700. The Morgan fingerprint density at radius 2 is 1.42 bits per heavy atom. The molecule has 1 aliphatic carbocycles. The molecule has 26 heavy (non-hydrogen) atoms. The number of nitrogens with two attached hydrogens (primary N) is 1. The minimum Gasteiger partial charge on any atom is -0.315 e. The van der Waals surface area contributed by atoms with Crippen LogP contribution in [0, 0.1) is 24.2 Å². The van der Waals surface area contributed by atoms with E-state index >= 15 is 0 Å². The molecule has 1 heteroatoms. The Balaban J connectivity index is 1.79. The van der Waals surface area contributed by atoms with Gasteiger partial charge in [0.05, 0.1) is 5.54 Å². The van der Waals surface area contributed by atoms with Gasteiger partial charge in [0, 0.05) is 17.0 Å². The molecule has 0 amide bonds. The van der Waals surface area contributed by atoms with Gasteiger partial charge in [-0.25, -0.2) is 0 Å². The first kappa shape index (κ1) is 16.2. The zero-order valence-corrected chi connectivity index (χ0v) is 14.7. The molecule has 0 radical (unpaired) electrons. The Morgan fingerprint density at radius 3 is 2.04 bits per heavy atom. The second-order valence-electron chi connectivity index (χ2n) is 6.87. The van der Waals surface area contributed by atoms with E-state index in [-0.39, 0.29) is 5.92 Å². The molecule has 0 saturated carbocycles. The van der Waals surface area contributed by atoms with Crippen LogP contribution in [0.1, 0.15) is 35.1 Å².